The summed E-state index contributed by atoms with van der Waals surface area (Å²) in [4.78, 5) is 0. The molecule has 0 atom stereocenters. The molecule has 0 saturated carbocycles. The molecular weight excluding hydrogens is 348 g/mol. The van der Waals surface area contributed by atoms with Gasteiger partial charge in [0.2, 0.25) is 0 Å². The van der Waals surface area contributed by atoms with Crippen molar-refractivity contribution in [3.05, 3.63) is 76.7 Å². The van der Waals surface area contributed by atoms with Gasteiger partial charge in [-0.15, -0.1) is 0 Å². The fourth-order valence-corrected chi connectivity index (χ4v) is 3.35. The van der Waals surface area contributed by atoms with Crippen LogP contribution in [0.3, 0.4) is 0 Å². The van der Waals surface area contributed by atoms with Crippen LogP contribution < -0.4 is 5.32 Å². The number of aryl methyl sites for hydroxylation is 3. The summed E-state index contributed by atoms with van der Waals surface area (Å²) in [5.41, 5.74) is 9.87. The van der Waals surface area contributed by atoms with Gasteiger partial charge in [-0.1, -0.05) is 35.5 Å². The molecule has 0 radical (unpaired) electrons. The van der Waals surface area contributed by atoms with Gasteiger partial charge in [0.15, 0.2) is 0 Å². The van der Waals surface area contributed by atoms with Crippen LogP contribution in [0.25, 0.3) is 22.5 Å². The summed E-state index contributed by atoms with van der Waals surface area (Å²) in [7, 11) is 0. The molecule has 4 rings (SSSR count). The Hall–Kier alpha value is -3.34. The molecular formula is C23H24N4O. The molecule has 5 heteroatoms. The first kappa shape index (κ1) is 18.0. The molecule has 0 saturated heterocycles. The minimum absolute atomic E-state index is 0.696. The summed E-state index contributed by atoms with van der Waals surface area (Å²) in [6, 6.07) is 16.8. The molecule has 2 aromatic carbocycles. The fraction of sp³-hybridized carbons (Fsp3) is 0.217. The van der Waals surface area contributed by atoms with Crippen LogP contribution in [-0.2, 0) is 6.54 Å². The summed E-state index contributed by atoms with van der Waals surface area (Å²) in [6.45, 7) is 8.86. The molecule has 4 aromatic rings. The van der Waals surface area contributed by atoms with Gasteiger partial charge in [0.05, 0.1) is 17.1 Å². The zero-order valence-electron chi connectivity index (χ0n) is 16.6. The van der Waals surface area contributed by atoms with Crippen molar-refractivity contribution in [2.24, 2.45) is 0 Å². The number of rotatable bonds is 5. The number of hydrogen-bond donors (Lipinski definition) is 2. The van der Waals surface area contributed by atoms with E-state index in [4.69, 9.17) is 4.52 Å². The Kier molecular flexibility index (Phi) is 4.74. The van der Waals surface area contributed by atoms with Crippen molar-refractivity contribution in [2.45, 2.75) is 34.2 Å². The van der Waals surface area contributed by atoms with Crippen LogP contribution in [0, 0.1) is 27.7 Å². The van der Waals surface area contributed by atoms with E-state index in [0.29, 0.717) is 6.54 Å². The average molecular weight is 372 g/mol. The predicted octanol–water partition coefficient (Wildman–Crippen LogP) is 5.58. The smallest absolute Gasteiger partial charge is 0.138 e. The molecule has 28 heavy (non-hydrogen) atoms. The molecule has 2 N–H and O–H groups in total. The van der Waals surface area contributed by atoms with E-state index in [1.807, 2.05) is 13.8 Å². The Bertz CT molecular complexity index is 1090. The molecule has 2 aromatic heterocycles. The standard InChI is InChI=1S/C23H24N4O/c1-14-6-5-7-20(15(14)2)23-12-22(25-26-23)18-8-10-19(11-9-18)24-13-21-16(3)27-28-17(21)4/h5-12,24H,13H2,1-4H3,(H,25,26). The van der Waals surface area contributed by atoms with Gasteiger partial charge in [-0.3, -0.25) is 5.10 Å². The van der Waals surface area contributed by atoms with E-state index >= 15 is 0 Å². The van der Waals surface area contributed by atoms with E-state index in [1.165, 1.54) is 16.7 Å². The minimum Gasteiger partial charge on any atom is -0.381 e. The average Bonchev–Trinajstić information content (AvgIpc) is 3.30. The second kappa shape index (κ2) is 7.35. The lowest BCUT2D eigenvalue weighted by Gasteiger charge is -2.07. The highest BCUT2D eigenvalue weighted by Crippen LogP contribution is 2.28. The van der Waals surface area contributed by atoms with Crippen molar-refractivity contribution in [2.75, 3.05) is 5.32 Å². The number of benzene rings is 2. The first-order chi connectivity index (χ1) is 13.5. The van der Waals surface area contributed by atoms with E-state index in [-0.39, 0.29) is 0 Å². The third kappa shape index (κ3) is 3.43. The molecule has 0 fully saturated rings. The van der Waals surface area contributed by atoms with Crippen LogP contribution in [0.15, 0.2) is 53.1 Å². The van der Waals surface area contributed by atoms with Gasteiger partial charge < -0.3 is 9.84 Å². The van der Waals surface area contributed by atoms with Crippen LogP contribution >= 0.6 is 0 Å². The lowest BCUT2D eigenvalue weighted by Crippen LogP contribution is -2.01. The van der Waals surface area contributed by atoms with Crippen molar-refractivity contribution < 1.29 is 4.52 Å². The molecule has 5 nitrogen and oxygen atoms in total. The first-order valence-corrected chi connectivity index (χ1v) is 9.41. The lowest BCUT2D eigenvalue weighted by atomic mass is 10.0. The maximum absolute atomic E-state index is 5.21. The van der Waals surface area contributed by atoms with Crippen LogP contribution in [0.4, 0.5) is 5.69 Å². The Labute approximate surface area is 164 Å². The zero-order chi connectivity index (χ0) is 19.7. The van der Waals surface area contributed by atoms with E-state index in [2.05, 4.69) is 83.0 Å². The van der Waals surface area contributed by atoms with Gasteiger partial charge in [0.25, 0.3) is 0 Å². The molecule has 0 amide bonds. The third-order valence-corrected chi connectivity index (χ3v) is 5.30. The van der Waals surface area contributed by atoms with E-state index < -0.39 is 0 Å². The van der Waals surface area contributed by atoms with Crippen molar-refractivity contribution in [3.63, 3.8) is 0 Å². The lowest BCUT2D eigenvalue weighted by molar-refractivity contribution is 0.392. The van der Waals surface area contributed by atoms with Crippen molar-refractivity contribution in [1.82, 2.24) is 15.4 Å². The molecule has 0 aliphatic carbocycles. The maximum atomic E-state index is 5.21. The SMILES string of the molecule is Cc1cccc(-c2cc(-c3ccc(NCc4c(C)noc4C)cc3)[nH]n2)c1C. The molecule has 0 aliphatic rings. The largest absolute Gasteiger partial charge is 0.381 e. The Morgan fingerprint density at radius 2 is 1.79 bits per heavy atom. The van der Waals surface area contributed by atoms with Crippen LogP contribution in [0.5, 0.6) is 0 Å². The monoisotopic (exact) mass is 372 g/mol. The maximum Gasteiger partial charge on any atom is 0.138 e. The first-order valence-electron chi connectivity index (χ1n) is 9.41. The number of H-pyrrole nitrogens is 1. The van der Waals surface area contributed by atoms with Crippen molar-refractivity contribution >= 4 is 5.69 Å². The Balaban J connectivity index is 1.50. The Morgan fingerprint density at radius 1 is 1.00 bits per heavy atom. The van der Waals surface area contributed by atoms with Gasteiger partial charge in [0.1, 0.15) is 5.76 Å². The van der Waals surface area contributed by atoms with Crippen LogP contribution in [0.2, 0.25) is 0 Å². The Morgan fingerprint density at radius 3 is 2.50 bits per heavy atom. The highest BCUT2D eigenvalue weighted by atomic mass is 16.5. The van der Waals surface area contributed by atoms with Gasteiger partial charge in [0, 0.05) is 23.4 Å². The summed E-state index contributed by atoms with van der Waals surface area (Å²) >= 11 is 0. The second-order valence-corrected chi connectivity index (χ2v) is 7.15. The van der Waals surface area contributed by atoms with Gasteiger partial charge in [-0.05, 0) is 62.6 Å². The summed E-state index contributed by atoms with van der Waals surface area (Å²) < 4.78 is 5.21. The number of aromatic nitrogens is 3. The third-order valence-electron chi connectivity index (χ3n) is 5.30. The van der Waals surface area contributed by atoms with Gasteiger partial charge in [-0.25, -0.2) is 0 Å². The normalized spacial score (nSPS) is 11.0. The number of nitrogens with one attached hydrogen (secondary N) is 2. The number of hydrogen-bond acceptors (Lipinski definition) is 4. The summed E-state index contributed by atoms with van der Waals surface area (Å²) in [5.74, 6) is 0.859. The topological polar surface area (TPSA) is 66.7 Å². The van der Waals surface area contributed by atoms with Crippen molar-refractivity contribution in [1.29, 1.82) is 0 Å². The molecule has 0 aliphatic heterocycles. The predicted molar refractivity (Wildman–Crippen MR) is 112 cm³/mol. The highest BCUT2D eigenvalue weighted by molar-refractivity contribution is 5.71. The highest BCUT2D eigenvalue weighted by Gasteiger charge is 2.10. The van der Waals surface area contributed by atoms with Crippen LogP contribution in [-0.4, -0.2) is 15.4 Å². The molecule has 0 unspecified atom stereocenters. The van der Waals surface area contributed by atoms with Gasteiger partial charge in [-0.2, -0.15) is 5.10 Å². The number of anilines is 1. The number of aromatic amines is 1. The summed E-state index contributed by atoms with van der Waals surface area (Å²) in [5, 5.41) is 15.1. The summed E-state index contributed by atoms with van der Waals surface area (Å²) in [6.07, 6.45) is 0. The molecule has 142 valence electrons. The fourth-order valence-electron chi connectivity index (χ4n) is 3.35. The molecule has 0 spiro atoms. The minimum atomic E-state index is 0.696. The zero-order valence-corrected chi connectivity index (χ0v) is 16.6. The quantitative estimate of drug-likeness (QED) is 0.480. The van der Waals surface area contributed by atoms with Crippen LogP contribution in [0.1, 0.15) is 28.1 Å². The van der Waals surface area contributed by atoms with E-state index in [9.17, 15) is 0 Å². The van der Waals surface area contributed by atoms with E-state index in [1.54, 1.807) is 0 Å². The van der Waals surface area contributed by atoms with Crippen molar-refractivity contribution in [3.8, 4) is 22.5 Å². The number of nitrogens with zero attached hydrogens (tertiary/aromatic N) is 2. The molecule has 2 heterocycles. The molecule has 0 bridgehead atoms. The van der Waals surface area contributed by atoms with E-state index in [0.717, 1.165) is 39.7 Å². The van der Waals surface area contributed by atoms with Gasteiger partial charge >= 0.3 is 0 Å². The second-order valence-electron chi connectivity index (χ2n) is 7.15.